The van der Waals surface area contributed by atoms with Crippen LogP contribution in [0.5, 0.6) is 0 Å². The molecule has 1 unspecified atom stereocenters. The molecule has 0 rings (SSSR count). The summed E-state index contributed by atoms with van der Waals surface area (Å²) in [5, 5.41) is 7.67. The Morgan fingerprint density at radius 3 is 1.55 bits per heavy atom. The van der Waals surface area contributed by atoms with Gasteiger partial charge in [0, 0.05) is 0 Å². The van der Waals surface area contributed by atoms with Crippen molar-refractivity contribution in [3.05, 3.63) is 0 Å². The molecule has 0 spiro atoms. The Balaban J connectivity index is 0. The monoisotopic (exact) mass is 314 g/mol. The van der Waals surface area contributed by atoms with Crippen molar-refractivity contribution < 1.29 is 27.5 Å². The van der Waals surface area contributed by atoms with E-state index >= 15 is 0 Å². The van der Waals surface area contributed by atoms with Crippen LogP contribution in [0.3, 0.4) is 0 Å². The van der Waals surface area contributed by atoms with Crippen molar-refractivity contribution in [3.63, 3.8) is 0 Å². The van der Waals surface area contributed by atoms with Crippen LogP contribution >= 0.6 is 22.6 Å². The molecular weight excluding hydrogens is 311 g/mol. The minimum absolute atomic E-state index is 0. The number of carbonyl (C=O) groups is 1. The Hall–Kier alpha value is 1.18. The van der Waals surface area contributed by atoms with Crippen LogP contribution < -0.4 is 0 Å². The van der Waals surface area contributed by atoms with Crippen molar-refractivity contribution in [3.8, 4) is 0 Å². The SMILES string of the molecule is O=C(O)C(F)(I)C(F)(F)F.[CaH2]. The molecule has 0 aliphatic rings. The van der Waals surface area contributed by atoms with Gasteiger partial charge in [-0.3, -0.25) is 0 Å². The normalized spacial score (nSPS) is 16.5. The van der Waals surface area contributed by atoms with Crippen LogP contribution in [-0.4, -0.2) is 58.7 Å². The van der Waals surface area contributed by atoms with Crippen molar-refractivity contribution in [1.29, 1.82) is 0 Å². The molecule has 0 aromatic rings. The third-order valence-electron chi connectivity index (χ3n) is 0.625. The molecule has 0 radical (unpaired) electrons. The van der Waals surface area contributed by atoms with Crippen molar-refractivity contribution >= 4 is 66.3 Å². The number of hydrogen-bond donors (Lipinski definition) is 1. The van der Waals surface area contributed by atoms with E-state index in [0.717, 1.165) is 0 Å². The Bertz CT molecular complexity index is 156. The first-order valence-electron chi connectivity index (χ1n) is 1.87. The van der Waals surface area contributed by atoms with Crippen LogP contribution in [0.2, 0.25) is 0 Å². The molecule has 1 atom stereocenters. The first kappa shape index (κ1) is 14.7. The molecule has 0 aliphatic carbocycles. The second kappa shape index (κ2) is 4.43. The van der Waals surface area contributed by atoms with Gasteiger partial charge in [0.05, 0.1) is 0 Å². The molecule has 0 heterocycles. The summed E-state index contributed by atoms with van der Waals surface area (Å²) in [5.74, 6) is -2.54. The second-order valence-electron chi connectivity index (χ2n) is 1.38. The third-order valence-corrected chi connectivity index (χ3v) is 1.70. The van der Waals surface area contributed by atoms with E-state index in [-0.39, 0.29) is 60.3 Å². The van der Waals surface area contributed by atoms with Crippen molar-refractivity contribution in [2.75, 3.05) is 0 Å². The van der Waals surface area contributed by atoms with E-state index in [0.29, 0.717) is 0 Å². The average molecular weight is 314 g/mol. The van der Waals surface area contributed by atoms with Crippen LogP contribution in [0.15, 0.2) is 0 Å². The summed E-state index contributed by atoms with van der Waals surface area (Å²) in [6.07, 6.45) is -5.36. The van der Waals surface area contributed by atoms with E-state index in [1.807, 2.05) is 0 Å². The predicted octanol–water partition coefficient (Wildman–Crippen LogP) is 0.818. The van der Waals surface area contributed by atoms with Gasteiger partial charge in [-0.2, -0.15) is 13.2 Å². The maximum atomic E-state index is 12.0. The maximum absolute atomic E-state index is 12.0. The van der Waals surface area contributed by atoms with E-state index < -0.39 is 15.8 Å². The van der Waals surface area contributed by atoms with Gasteiger partial charge in [-0.25, -0.2) is 9.18 Å². The van der Waals surface area contributed by atoms with Crippen molar-refractivity contribution in [2.24, 2.45) is 0 Å². The molecule has 0 saturated heterocycles. The van der Waals surface area contributed by atoms with Crippen LogP contribution in [0.1, 0.15) is 0 Å². The predicted molar refractivity (Wildman–Crippen MR) is 40.1 cm³/mol. The second-order valence-corrected chi connectivity index (χ2v) is 2.86. The van der Waals surface area contributed by atoms with Crippen molar-refractivity contribution in [2.45, 2.75) is 9.85 Å². The summed E-state index contributed by atoms with van der Waals surface area (Å²) < 4.78 is 41.8. The molecule has 0 amide bonds. The molecule has 0 saturated carbocycles. The first-order chi connectivity index (χ1) is 4.19. The number of carboxylic acid groups (broad SMARTS) is 1. The number of rotatable bonds is 1. The molecule has 2 nitrogen and oxygen atoms in total. The average Bonchev–Trinajstić information content (AvgIpc) is 1.62. The van der Waals surface area contributed by atoms with Gasteiger partial charge in [0.2, 0.25) is 0 Å². The Morgan fingerprint density at radius 2 is 1.55 bits per heavy atom. The fourth-order valence-electron chi connectivity index (χ4n) is 0.121. The molecular formula is C3H3CaF4IO2. The summed E-state index contributed by atoms with van der Waals surface area (Å²) in [6.45, 7) is 0. The molecule has 0 aliphatic heterocycles. The number of hydrogen-bond acceptors (Lipinski definition) is 1. The Morgan fingerprint density at radius 1 is 1.27 bits per heavy atom. The molecule has 11 heavy (non-hydrogen) atoms. The molecule has 0 fully saturated rings. The number of halogens is 5. The quantitative estimate of drug-likeness (QED) is 0.337. The molecule has 0 aromatic heterocycles. The molecule has 64 valence electrons. The summed E-state index contributed by atoms with van der Waals surface area (Å²) in [6, 6.07) is 0. The topological polar surface area (TPSA) is 37.3 Å². The van der Waals surface area contributed by atoms with Gasteiger partial charge in [0.1, 0.15) is 0 Å². The zero-order valence-electron chi connectivity index (χ0n) is 4.25. The van der Waals surface area contributed by atoms with E-state index in [4.69, 9.17) is 5.11 Å². The summed E-state index contributed by atoms with van der Waals surface area (Å²) >= 11 is 0.181. The van der Waals surface area contributed by atoms with Crippen LogP contribution in [0, 0.1) is 0 Å². The van der Waals surface area contributed by atoms with E-state index in [1.54, 1.807) is 0 Å². The number of carboxylic acids is 1. The number of alkyl halides is 5. The van der Waals surface area contributed by atoms with Crippen LogP contribution in [0.25, 0.3) is 0 Å². The Labute approximate surface area is 102 Å². The fraction of sp³-hybridized carbons (Fsp3) is 0.667. The molecule has 1 N–H and O–H groups in total. The zero-order valence-corrected chi connectivity index (χ0v) is 6.40. The van der Waals surface area contributed by atoms with Crippen LogP contribution in [-0.2, 0) is 4.79 Å². The molecule has 8 heteroatoms. The van der Waals surface area contributed by atoms with Gasteiger partial charge in [0.25, 0.3) is 0 Å². The van der Waals surface area contributed by atoms with Gasteiger partial charge in [-0.1, -0.05) is 0 Å². The van der Waals surface area contributed by atoms with Crippen LogP contribution in [0.4, 0.5) is 17.6 Å². The molecule has 0 aromatic carbocycles. The van der Waals surface area contributed by atoms with Gasteiger partial charge in [0.15, 0.2) is 0 Å². The van der Waals surface area contributed by atoms with Gasteiger partial charge < -0.3 is 5.11 Å². The summed E-state index contributed by atoms with van der Waals surface area (Å²) in [5.41, 5.74) is 0. The first-order valence-corrected chi connectivity index (χ1v) is 2.95. The van der Waals surface area contributed by atoms with Crippen molar-refractivity contribution in [1.82, 2.24) is 0 Å². The molecule has 0 bridgehead atoms. The fourth-order valence-corrected chi connectivity index (χ4v) is 0.121. The zero-order chi connectivity index (χ0) is 8.58. The van der Waals surface area contributed by atoms with Gasteiger partial charge >= 0.3 is 53.6 Å². The number of aliphatic carboxylic acids is 1. The standard InChI is InChI=1S/C3HF4IO2.Ca.2H/c4-2(8,1(9)10)3(5,6)7;;;/h(H,9,10);;;. The third kappa shape index (κ3) is 3.60. The summed E-state index contributed by atoms with van der Waals surface area (Å²) in [4.78, 5) is 9.57. The minimum atomic E-state index is -5.36. The van der Waals surface area contributed by atoms with E-state index in [9.17, 15) is 22.4 Å². The Kier molecular flexibility index (Phi) is 5.91. The van der Waals surface area contributed by atoms with Gasteiger partial charge in [-0.05, 0) is 22.6 Å². The summed E-state index contributed by atoms with van der Waals surface area (Å²) in [7, 11) is 0. The van der Waals surface area contributed by atoms with E-state index in [1.165, 1.54) is 0 Å². The van der Waals surface area contributed by atoms with Gasteiger partial charge in [-0.15, -0.1) is 0 Å². The van der Waals surface area contributed by atoms with E-state index in [2.05, 4.69) is 0 Å².